The molecule has 0 aliphatic carbocycles. The summed E-state index contributed by atoms with van der Waals surface area (Å²) in [7, 11) is 0. The summed E-state index contributed by atoms with van der Waals surface area (Å²) >= 11 is 7.44. The Hall–Kier alpha value is -1.89. The molecular formula is C19H21ClN2O3S. The Morgan fingerprint density at radius 1 is 1.35 bits per heavy atom. The van der Waals surface area contributed by atoms with E-state index in [9.17, 15) is 9.59 Å². The fourth-order valence-electron chi connectivity index (χ4n) is 2.87. The molecule has 5 nitrogen and oxygen atoms in total. The first-order valence-corrected chi connectivity index (χ1v) is 9.82. The average Bonchev–Trinajstić information content (AvgIpc) is 3.31. The molecule has 2 heterocycles. The van der Waals surface area contributed by atoms with Gasteiger partial charge in [0.2, 0.25) is 0 Å². The maximum absolute atomic E-state index is 12.8. The van der Waals surface area contributed by atoms with Gasteiger partial charge in [0, 0.05) is 29.3 Å². The second kappa shape index (κ2) is 8.66. The maximum atomic E-state index is 12.8. The molecule has 26 heavy (non-hydrogen) atoms. The lowest BCUT2D eigenvalue weighted by molar-refractivity contribution is -0.124. The molecule has 0 unspecified atom stereocenters. The first-order chi connectivity index (χ1) is 12.6. The zero-order chi connectivity index (χ0) is 18.5. The molecule has 2 amide bonds. The summed E-state index contributed by atoms with van der Waals surface area (Å²) in [5, 5.41) is 2.84. The summed E-state index contributed by atoms with van der Waals surface area (Å²) in [5.41, 5.74) is 1.14. The molecule has 1 aliphatic heterocycles. The van der Waals surface area contributed by atoms with Crippen molar-refractivity contribution >= 4 is 40.4 Å². The number of nitrogens with one attached hydrogen (secondary N) is 1. The third kappa shape index (κ3) is 4.63. The van der Waals surface area contributed by atoms with E-state index >= 15 is 0 Å². The monoisotopic (exact) mass is 392 g/mol. The average molecular weight is 393 g/mol. The van der Waals surface area contributed by atoms with Crippen LogP contribution in [0, 0.1) is 0 Å². The second-order valence-electron chi connectivity index (χ2n) is 6.10. The van der Waals surface area contributed by atoms with Gasteiger partial charge in [0.25, 0.3) is 11.8 Å². The fraction of sp³-hybridized carbons (Fsp3) is 0.368. The number of benzene rings is 1. The fourth-order valence-corrected chi connectivity index (χ4v) is 3.98. The Morgan fingerprint density at radius 3 is 2.85 bits per heavy atom. The van der Waals surface area contributed by atoms with Crippen LogP contribution < -0.4 is 5.32 Å². The van der Waals surface area contributed by atoms with Crippen molar-refractivity contribution in [1.82, 2.24) is 4.90 Å². The van der Waals surface area contributed by atoms with E-state index in [4.69, 9.17) is 16.3 Å². The molecule has 1 aromatic carbocycles. The Kier molecular flexibility index (Phi) is 6.29. The minimum atomic E-state index is -0.398. The Labute approximate surface area is 161 Å². The standard InChI is InChI=1S/C19H21ClN2O3S/c1-2-22(12-15-8-9-17(20)26-15)19(24)13-5-3-6-14(11-13)21-18(23)16-7-4-10-25-16/h3,5-6,8-9,11,16H,2,4,7,10,12H2,1H3,(H,21,23)/t16-/m0/s1. The van der Waals surface area contributed by atoms with Gasteiger partial charge < -0.3 is 15.0 Å². The van der Waals surface area contributed by atoms with Gasteiger partial charge in [-0.15, -0.1) is 11.3 Å². The van der Waals surface area contributed by atoms with Gasteiger partial charge in [-0.2, -0.15) is 0 Å². The normalized spacial score (nSPS) is 16.5. The molecule has 1 fully saturated rings. The molecule has 0 bridgehead atoms. The molecule has 1 aliphatic rings. The SMILES string of the molecule is CCN(Cc1ccc(Cl)s1)C(=O)c1cccc(NC(=O)[C@@H]2CCCO2)c1. The van der Waals surface area contributed by atoms with E-state index in [-0.39, 0.29) is 11.8 Å². The predicted octanol–water partition coefficient (Wildman–Crippen LogP) is 4.18. The number of carbonyl (C=O) groups is 2. The summed E-state index contributed by atoms with van der Waals surface area (Å²) in [6.07, 6.45) is 1.23. The van der Waals surface area contributed by atoms with Crippen LogP contribution in [0.5, 0.6) is 0 Å². The van der Waals surface area contributed by atoms with Gasteiger partial charge in [-0.3, -0.25) is 9.59 Å². The molecule has 0 saturated carbocycles. The van der Waals surface area contributed by atoms with Crippen molar-refractivity contribution < 1.29 is 14.3 Å². The van der Waals surface area contributed by atoms with Gasteiger partial charge in [-0.25, -0.2) is 0 Å². The number of anilines is 1. The number of thiophene rings is 1. The van der Waals surface area contributed by atoms with Crippen molar-refractivity contribution in [2.75, 3.05) is 18.5 Å². The third-order valence-corrected chi connectivity index (χ3v) is 5.46. The van der Waals surface area contributed by atoms with E-state index in [0.29, 0.717) is 35.3 Å². The molecule has 7 heteroatoms. The Bertz CT molecular complexity index is 787. The molecule has 1 N–H and O–H groups in total. The van der Waals surface area contributed by atoms with Crippen LogP contribution in [0.3, 0.4) is 0 Å². The number of halogens is 1. The van der Waals surface area contributed by atoms with E-state index in [1.807, 2.05) is 19.1 Å². The van der Waals surface area contributed by atoms with E-state index in [1.165, 1.54) is 11.3 Å². The van der Waals surface area contributed by atoms with Gasteiger partial charge in [0.1, 0.15) is 6.10 Å². The van der Waals surface area contributed by atoms with Crippen molar-refractivity contribution in [3.05, 3.63) is 51.2 Å². The van der Waals surface area contributed by atoms with E-state index < -0.39 is 6.10 Å². The van der Waals surface area contributed by atoms with Crippen molar-refractivity contribution in [3.8, 4) is 0 Å². The number of ether oxygens (including phenoxy) is 1. The molecule has 3 rings (SSSR count). The number of hydrogen-bond donors (Lipinski definition) is 1. The highest BCUT2D eigenvalue weighted by atomic mass is 35.5. The minimum absolute atomic E-state index is 0.0785. The quantitative estimate of drug-likeness (QED) is 0.802. The summed E-state index contributed by atoms with van der Waals surface area (Å²) in [5.74, 6) is -0.238. The van der Waals surface area contributed by atoms with Crippen molar-refractivity contribution in [3.63, 3.8) is 0 Å². The van der Waals surface area contributed by atoms with Crippen LogP contribution in [0.25, 0.3) is 0 Å². The maximum Gasteiger partial charge on any atom is 0.254 e. The van der Waals surface area contributed by atoms with Gasteiger partial charge in [0.05, 0.1) is 10.9 Å². The van der Waals surface area contributed by atoms with Crippen molar-refractivity contribution in [2.45, 2.75) is 32.4 Å². The lowest BCUT2D eigenvalue weighted by atomic mass is 10.1. The molecule has 1 saturated heterocycles. The largest absolute Gasteiger partial charge is 0.368 e. The van der Waals surface area contributed by atoms with Crippen LogP contribution in [0.4, 0.5) is 5.69 Å². The number of nitrogens with zero attached hydrogens (tertiary/aromatic N) is 1. The first-order valence-electron chi connectivity index (χ1n) is 8.63. The Morgan fingerprint density at radius 2 is 2.19 bits per heavy atom. The highest BCUT2D eigenvalue weighted by molar-refractivity contribution is 7.16. The van der Waals surface area contributed by atoms with Crippen molar-refractivity contribution in [2.24, 2.45) is 0 Å². The topological polar surface area (TPSA) is 58.6 Å². The van der Waals surface area contributed by atoms with Crippen LogP contribution in [-0.2, 0) is 16.1 Å². The van der Waals surface area contributed by atoms with Crippen LogP contribution in [0.2, 0.25) is 4.34 Å². The molecule has 1 atom stereocenters. The number of rotatable bonds is 6. The van der Waals surface area contributed by atoms with Crippen LogP contribution >= 0.6 is 22.9 Å². The number of hydrogen-bond acceptors (Lipinski definition) is 4. The summed E-state index contributed by atoms with van der Waals surface area (Å²) in [4.78, 5) is 27.8. The van der Waals surface area contributed by atoms with Crippen molar-refractivity contribution in [1.29, 1.82) is 0 Å². The third-order valence-electron chi connectivity index (χ3n) is 4.24. The van der Waals surface area contributed by atoms with Crippen LogP contribution in [-0.4, -0.2) is 36.0 Å². The summed E-state index contributed by atoms with van der Waals surface area (Å²) < 4.78 is 6.10. The van der Waals surface area contributed by atoms with E-state index in [2.05, 4.69) is 5.32 Å². The van der Waals surface area contributed by atoms with E-state index in [1.54, 1.807) is 29.2 Å². The zero-order valence-electron chi connectivity index (χ0n) is 14.5. The lowest BCUT2D eigenvalue weighted by Gasteiger charge is -2.20. The Balaban J connectivity index is 1.69. The number of carbonyl (C=O) groups excluding carboxylic acids is 2. The van der Waals surface area contributed by atoms with Crippen LogP contribution in [0.15, 0.2) is 36.4 Å². The molecule has 0 spiro atoms. The van der Waals surface area contributed by atoms with Crippen LogP contribution in [0.1, 0.15) is 35.0 Å². The molecule has 2 aromatic rings. The molecule has 1 aromatic heterocycles. The van der Waals surface area contributed by atoms with Gasteiger partial charge >= 0.3 is 0 Å². The van der Waals surface area contributed by atoms with Gasteiger partial charge in [-0.05, 0) is 50.1 Å². The molecule has 0 radical (unpaired) electrons. The first kappa shape index (κ1) is 18.9. The summed E-state index contributed by atoms with van der Waals surface area (Å²) in [6, 6.07) is 10.8. The lowest BCUT2D eigenvalue weighted by Crippen LogP contribution is -2.30. The molecule has 138 valence electrons. The van der Waals surface area contributed by atoms with Gasteiger partial charge in [0.15, 0.2) is 0 Å². The summed E-state index contributed by atoms with van der Waals surface area (Å²) in [6.45, 7) is 3.66. The zero-order valence-corrected chi connectivity index (χ0v) is 16.1. The molecular weight excluding hydrogens is 372 g/mol. The predicted molar refractivity (Wildman–Crippen MR) is 104 cm³/mol. The second-order valence-corrected chi connectivity index (χ2v) is 7.90. The highest BCUT2D eigenvalue weighted by Crippen LogP contribution is 2.24. The smallest absolute Gasteiger partial charge is 0.254 e. The van der Waals surface area contributed by atoms with Gasteiger partial charge in [-0.1, -0.05) is 17.7 Å². The number of amides is 2. The minimum Gasteiger partial charge on any atom is -0.368 e. The van der Waals surface area contributed by atoms with E-state index in [0.717, 1.165) is 17.7 Å². The highest BCUT2D eigenvalue weighted by Gasteiger charge is 2.24.